The summed E-state index contributed by atoms with van der Waals surface area (Å²) in [5.41, 5.74) is 0.539. The Balaban J connectivity index is 1.57. The van der Waals surface area contributed by atoms with Crippen LogP contribution < -0.4 is 19.5 Å². The average Bonchev–Trinajstić information content (AvgIpc) is 3.18. The minimum atomic E-state index is -1.03. The van der Waals surface area contributed by atoms with Crippen molar-refractivity contribution in [2.24, 2.45) is 0 Å². The minimum absolute atomic E-state index is 0.207. The van der Waals surface area contributed by atoms with E-state index in [0.717, 1.165) is 5.56 Å². The third-order valence-electron chi connectivity index (χ3n) is 7.50. The number of hydrogen-bond acceptors (Lipinski definition) is 7. The summed E-state index contributed by atoms with van der Waals surface area (Å²) in [6.07, 6.45) is 1.56. The third-order valence-corrected chi connectivity index (χ3v) is 7.50. The van der Waals surface area contributed by atoms with E-state index in [4.69, 9.17) is 14.2 Å². The first-order chi connectivity index (χ1) is 18.3. The second-order valence-corrected chi connectivity index (χ2v) is 9.59. The largest absolute Gasteiger partial charge is 0.493 e. The lowest BCUT2D eigenvalue weighted by Crippen LogP contribution is -2.63. The van der Waals surface area contributed by atoms with Crippen LogP contribution >= 0.6 is 0 Å². The molecule has 2 fully saturated rings. The number of benzene rings is 2. The number of piperidine rings is 1. The highest BCUT2D eigenvalue weighted by atomic mass is 16.5. The molecule has 2 N–H and O–H groups in total. The fourth-order valence-electron chi connectivity index (χ4n) is 5.59. The Labute approximate surface area is 222 Å². The van der Waals surface area contributed by atoms with Gasteiger partial charge < -0.3 is 29.1 Å². The molecular formula is C28H35N3O7. The van der Waals surface area contributed by atoms with Crippen molar-refractivity contribution in [2.45, 2.75) is 50.4 Å². The van der Waals surface area contributed by atoms with Crippen LogP contribution in [0.1, 0.15) is 42.1 Å². The molecule has 2 aromatic rings. The van der Waals surface area contributed by atoms with Crippen LogP contribution in [0, 0.1) is 0 Å². The van der Waals surface area contributed by atoms with E-state index in [1.54, 1.807) is 24.0 Å². The van der Waals surface area contributed by atoms with Crippen LogP contribution in [0.15, 0.2) is 42.5 Å². The van der Waals surface area contributed by atoms with Crippen LogP contribution in [0.2, 0.25) is 0 Å². The van der Waals surface area contributed by atoms with E-state index < -0.39 is 23.7 Å². The molecule has 2 aliphatic rings. The highest BCUT2D eigenvalue weighted by Crippen LogP contribution is 2.40. The fourth-order valence-corrected chi connectivity index (χ4v) is 5.59. The number of carboxylic acids is 1. The summed E-state index contributed by atoms with van der Waals surface area (Å²) in [6.45, 7) is 2.47. The van der Waals surface area contributed by atoms with Crippen molar-refractivity contribution in [3.8, 4) is 17.2 Å². The number of ether oxygens (including phenoxy) is 3. The number of rotatable bonds is 9. The molecule has 2 saturated heterocycles. The zero-order valence-corrected chi connectivity index (χ0v) is 22.2. The Morgan fingerprint density at radius 3 is 2.16 bits per heavy atom. The second-order valence-electron chi connectivity index (χ2n) is 9.59. The van der Waals surface area contributed by atoms with Crippen molar-refractivity contribution in [3.05, 3.63) is 53.6 Å². The monoisotopic (exact) mass is 525 g/mol. The summed E-state index contributed by atoms with van der Waals surface area (Å²) in [6, 6.07) is 11.4. The first-order valence-corrected chi connectivity index (χ1v) is 12.8. The van der Waals surface area contributed by atoms with Crippen LogP contribution in [0.5, 0.6) is 17.2 Å². The number of hydrogen-bond donors (Lipinski definition) is 2. The number of carboxylic acid groups (broad SMARTS) is 1. The van der Waals surface area contributed by atoms with Crippen molar-refractivity contribution in [3.63, 3.8) is 0 Å². The van der Waals surface area contributed by atoms with Gasteiger partial charge in [0, 0.05) is 31.5 Å². The van der Waals surface area contributed by atoms with E-state index in [1.807, 2.05) is 30.3 Å². The number of aliphatic carboxylic acids is 1. The van der Waals surface area contributed by atoms with Crippen molar-refractivity contribution in [2.75, 3.05) is 34.4 Å². The molecule has 0 aromatic heterocycles. The zero-order chi connectivity index (χ0) is 27.4. The average molecular weight is 526 g/mol. The van der Waals surface area contributed by atoms with Gasteiger partial charge in [0.05, 0.1) is 33.0 Å². The summed E-state index contributed by atoms with van der Waals surface area (Å²) in [4.78, 5) is 42.5. The topological polar surface area (TPSA) is 118 Å². The molecule has 2 heterocycles. The first-order valence-electron chi connectivity index (χ1n) is 12.8. The summed E-state index contributed by atoms with van der Waals surface area (Å²) < 4.78 is 16.2. The number of nitrogens with zero attached hydrogens (tertiary/aromatic N) is 2. The quantitative estimate of drug-likeness (QED) is 0.513. The molecule has 2 aromatic carbocycles. The summed E-state index contributed by atoms with van der Waals surface area (Å²) >= 11 is 0. The molecule has 4 rings (SSSR count). The van der Waals surface area contributed by atoms with Gasteiger partial charge in [0.2, 0.25) is 11.7 Å². The predicted octanol–water partition coefficient (Wildman–Crippen LogP) is 2.55. The van der Waals surface area contributed by atoms with Gasteiger partial charge in [0.1, 0.15) is 6.04 Å². The highest BCUT2D eigenvalue weighted by molar-refractivity contribution is 5.96. The number of likely N-dealkylation sites (tertiary alicyclic amines) is 1. The van der Waals surface area contributed by atoms with Gasteiger partial charge in [-0.1, -0.05) is 37.3 Å². The van der Waals surface area contributed by atoms with Gasteiger partial charge in [0.15, 0.2) is 11.5 Å². The van der Waals surface area contributed by atoms with Gasteiger partial charge in [-0.05, 0) is 30.5 Å². The lowest BCUT2D eigenvalue weighted by atomic mass is 9.93. The lowest BCUT2D eigenvalue weighted by molar-refractivity contribution is -0.154. The van der Waals surface area contributed by atoms with Crippen molar-refractivity contribution >= 4 is 17.8 Å². The van der Waals surface area contributed by atoms with E-state index in [9.17, 15) is 19.5 Å². The molecule has 2 unspecified atom stereocenters. The van der Waals surface area contributed by atoms with Gasteiger partial charge in [0.25, 0.3) is 5.91 Å². The van der Waals surface area contributed by atoms with Crippen LogP contribution in [0.25, 0.3) is 0 Å². The van der Waals surface area contributed by atoms with E-state index >= 15 is 0 Å². The third kappa shape index (κ3) is 5.00. The predicted molar refractivity (Wildman–Crippen MR) is 140 cm³/mol. The van der Waals surface area contributed by atoms with Gasteiger partial charge >= 0.3 is 5.97 Å². The maximum Gasteiger partial charge on any atom is 0.326 e. The van der Waals surface area contributed by atoms with E-state index in [1.165, 1.54) is 26.2 Å². The van der Waals surface area contributed by atoms with Gasteiger partial charge in [-0.25, -0.2) is 4.79 Å². The van der Waals surface area contributed by atoms with Crippen molar-refractivity contribution < 1.29 is 33.7 Å². The van der Waals surface area contributed by atoms with E-state index in [2.05, 4.69) is 5.32 Å². The zero-order valence-electron chi connectivity index (χ0n) is 22.2. The number of carbonyl (C=O) groups excluding carboxylic acids is 2. The molecule has 0 bridgehead atoms. The Kier molecular flexibility index (Phi) is 8.11. The minimum Gasteiger partial charge on any atom is -0.493 e. The van der Waals surface area contributed by atoms with Crippen molar-refractivity contribution in [1.82, 2.24) is 15.1 Å². The molecule has 10 heteroatoms. The maximum atomic E-state index is 13.6. The second kappa shape index (κ2) is 11.3. The molecule has 2 amide bonds. The number of methoxy groups -OCH3 is 3. The highest BCUT2D eigenvalue weighted by Gasteiger charge is 2.55. The first kappa shape index (κ1) is 27.3. The fraction of sp³-hybridized carbons (Fsp3) is 0.464. The van der Waals surface area contributed by atoms with Gasteiger partial charge in [-0.3, -0.25) is 14.9 Å². The lowest BCUT2D eigenvalue weighted by Gasteiger charge is -2.46. The summed E-state index contributed by atoms with van der Waals surface area (Å²) in [5, 5.41) is 13.4. The molecule has 38 heavy (non-hydrogen) atoms. The Hall–Kier alpha value is -3.79. The van der Waals surface area contributed by atoms with Crippen LogP contribution in [0.4, 0.5) is 0 Å². The van der Waals surface area contributed by atoms with Crippen LogP contribution in [0.3, 0.4) is 0 Å². The van der Waals surface area contributed by atoms with Gasteiger partial charge in [-0.15, -0.1) is 0 Å². The molecule has 0 aliphatic carbocycles. The molecule has 204 valence electrons. The molecule has 2 atom stereocenters. The molecule has 0 radical (unpaired) electrons. The normalized spacial score (nSPS) is 19.4. The Morgan fingerprint density at radius 1 is 1.05 bits per heavy atom. The Bertz CT molecular complexity index is 1150. The number of nitrogens with one attached hydrogen (secondary N) is 1. The Morgan fingerprint density at radius 2 is 1.66 bits per heavy atom. The van der Waals surface area contributed by atoms with Crippen LogP contribution in [-0.4, -0.2) is 84.9 Å². The van der Waals surface area contributed by atoms with E-state index in [0.29, 0.717) is 55.2 Å². The standard InChI is InChI=1S/C28H35N3O7/c1-5-21(27(34)35)31-26(33)20(15-18-9-7-6-8-10-18)29-28(31)11-13-30(14-12-28)25(32)19-16-22(36-2)24(38-4)23(17-19)37-3/h6-10,16-17,20-21,29H,5,11-15H2,1-4H3,(H,34,35). The smallest absolute Gasteiger partial charge is 0.326 e. The molecule has 2 aliphatic heterocycles. The summed E-state index contributed by atoms with van der Waals surface area (Å²) in [7, 11) is 4.48. The maximum absolute atomic E-state index is 13.6. The molecule has 1 spiro atoms. The van der Waals surface area contributed by atoms with E-state index in [-0.39, 0.29) is 18.2 Å². The number of carbonyl (C=O) groups is 3. The van der Waals surface area contributed by atoms with Gasteiger partial charge in [-0.2, -0.15) is 0 Å². The molecule has 10 nitrogen and oxygen atoms in total. The van der Waals surface area contributed by atoms with Crippen molar-refractivity contribution in [1.29, 1.82) is 0 Å². The SMILES string of the molecule is CCC(C(=O)O)N1C(=O)C(Cc2ccccc2)NC12CCN(C(=O)c1cc(OC)c(OC)c(OC)c1)CC2. The molecule has 0 saturated carbocycles. The van der Waals surface area contributed by atoms with Crippen LogP contribution in [-0.2, 0) is 16.0 Å². The summed E-state index contributed by atoms with van der Waals surface area (Å²) in [5.74, 6) is -0.285. The molecular weight excluding hydrogens is 490 g/mol. The number of amides is 2.